The van der Waals surface area contributed by atoms with Crippen LogP contribution in [0.3, 0.4) is 0 Å². The smallest absolute Gasteiger partial charge is 0.145 e. The van der Waals surface area contributed by atoms with Crippen molar-refractivity contribution in [1.82, 2.24) is 4.98 Å². The van der Waals surface area contributed by atoms with Gasteiger partial charge in [0.1, 0.15) is 11.8 Å². The Balaban J connectivity index is 3.09. The minimum absolute atomic E-state index is 0.263. The van der Waals surface area contributed by atoms with E-state index in [1.165, 1.54) is 0 Å². The minimum Gasteiger partial charge on any atom is -0.244 e. The van der Waals surface area contributed by atoms with Gasteiger partial charge in [-0.25, -0.2) is 9.37 Å². The van der Waals surface area contributed by atoms with Crippen molar-refractivity contribution < 1.29 is 4.39 Å². The summed E-state index contributed by atoms with van der Waals surface area (Å²) in [5, 5.41) is 0.263. The molecule has 0 radical (unpaired) electrons. The molecule has 1 aromatic heterocycles. The number of aromatic nitrogens is 1. The highest BCUT2D eigenvalue weighted by molar-refractivity contribution is 6.30. The lowest BCUT2D eigenvalue weighted by molar-refractivity contribution is 0.476. The van der Waals surface area contributed by atoms with Gasteiger partial charge in [0.15, 0.2) is 0 Å². The molecule has 0 bridgehead atoms. The van der Waals surface area contributed by atoms with Gasteiger partial charge in [-0.1, -0.05) is 17.5 Å². The fourth-order valence-electron chi connectivity index (χ4n) is 0.774. The first-order chi connectivity index (χ1) is 5.77. The zero-order chi connectivity index (χ0) is 8.97. The molecule has 0 amide bonds. The second kappa shape index (κ2) is 4.08. The summed E-state index contributed by atoms with van der Waals surface area (Å²) in [5.41, 5.74) is 0.970. The van der Waals surface area contributed by atoms with Gasteiger partial charge in [0.25, 0.3) is 0 Å². The summed E-state index contributed by atoms with van der Waals surface area (Å²) in [4.78, 5) is 3.80. The van der Waals surface area contributed by atoms with Crippen LogP contribution in [-0.2, 0) is 6.67 Å². The third-order valence-corrected chi connectivity index (χ3v) is 1.59. The molecule has 0 saturated carbocycles. The molecule has 1 heterocycles. The Hall–Kier alpha value is -1.07. The first-order valence-electron chi connectivity index (χ1n) is 3.42. The topological polar surface area (TPSA) is 12.9 Å². The highest BCUT2D eigenvalue weighted by atomic mass is 35.5. The van der Waals surface area contributed by atoms with Crippen LogP contribution in [0.15, 0.2) is 12.1 Å². The number of alkyl halides is 1. The highest BCUT2D eigenvalue weighted by Crippen LogP contribution is 2.12. The molecular weight excluding hydrogens is 177 g/mol. The van der Waals surface area contributed by atoms with Crippen molar-refractivity contribution in [1.29, 1.82) is 0 Å². The Morgan fingerprint density at radius 3 is 2.83 bits per heavy atom. The fourth-order valence-corrected chi connectivity index (χ4v) is 0.993. The van der Waals surface area contributed by atoms with E-state index in [1.807, 2.05) is 0 Å². The summed E-state index contributed by atoms with van der Waals surface area (Å²) in [6, 6.07) is 3.24. The first-order valence-corrected chi connectivity index (χ1v) is 3.80. The molecule has 0 unspecified atom stereocenters. The van der Waals surface area contributed by atoms with Crippen LogP contribution in [0, 0.1) is 11.8 Å². The average molecular weight is 184 g/mol. The number of hydrogen-bond acceptors (Lipinski definition) is 1. The predicted octanol–water partition coefficient (Wildman–Crippen LogP) is 2.58. The summed E-state index contributed by atoms with van der Waals surface area (Å²) in [6.07, 6.45) is 0. The Morgan fingerprint density at radius 2 is 2.33 bits per heavy atom. The van der Waals surface area contributed by atoms with E-state index in [0.717, 1.165) is 0 Å². The molecule has 0 N–H and O–H groups in total. The molecule has 0 aliphatic rings. The van der Waals surface area contributed by atoms with Gasteiger partial charge < -0.3 is 0 Å². The molecule has 12 heavy (non-hydrogen) atoms. The van der Waals surface area contributed by atoms with Gasteiger partial charge >= 0.3 is 0 Å². The monoisotopic (exact) mass is 183 g/mol. The molecule has 1 rings (SSSR count). The van der Waals surface area contributed by atoms with Crippen molar-refractivity contribution in [3.63, 3.8) is 0 Å². The maximum Gasteiger partial charge on any atom is 0.145 e. The van der Waals surface area contributed by atoms with Crippen LogP contribution in [0.1, 0.15) is 18.2 Å². The third kappa shape index (κ3) is 1.96. The van der Waals surface area contributed by atoms with Gasteiger partial charge in [-0.3, -0.25) is 0 Å². The molecule has 0 fully saturated rings. The second-order valence-corrected chi connectivity index (χ2v) is 2.51. The summed E-state index contributed by atoms with van der Waals surface area (Å²) in [6.45, 7) is 1.11. The van der Waals surface area contributed by atoms with Gasteiger partial charge in [0.2, 0.25) is 0 Å². The maximum absolute atomic E-state index is 12.1. The first kappa shape index (κ1) is 9.02. The van der Waals surface area contributed by atoms with Crippen LogP contribution in [0.25, 0.3) is 0 Å². The number of pyridine rings is 1. The van der Waals surface area contributed by atoms with Crippen LogP contribution in [0.2, 0.25) is 5.15 Å². The summed E-state index contributed by atoms with van der Waals surface area (Å²) >= 11 is 5.71. The van der Waals surface area contributed by atoms with E-state index in [-0.39, 0.29) is 5.15 Å². The zero-order valence-electron chi connectivity index (χ0n) is 6.56. The Morgan fingerprint density at radius 1 is 1.58 bits per heavy atom. The van der Waals surface area contributed by atoms with Crippen LogP contribution in [0.4, 0.5) is 4.39 Å². The Labute approximate surface area is 75.6 Å². The van der Waals surface area contributed by atoms with Crippen molar-refractivity contribution in [3.8, 4) is 11.8 Å². The number of nitrogens with zero attached hydrogens (tertiary/aromatic N) is 1. The van der Waals surface area contributed by atoms with E-state index in [9.17, 15) is 4.39 Å². The standard InChI is InChI=1S/C9H7ClFN/c1-2-3-7-4-5-8(6-11)12-9(7)10/h4-5H,6H2,1H3. The van der Waals surface area contributed by atoms with Gasteiger partial charge in [-0.05, 0) is 19.1 Å². The molecule has 0 aliphatic heterocycles. The second-order valence-electron chi connectivity index (χ2n) is 2.15. The molecule has 3 heteroatoms. The molecule has 0 atom stereocenters. The van der Waals surface area contributed by atoms with Crippen molar-refractivity contribution in [2.75, 3.05) is 0 Å². The van der Waals surface area contributed by atoms with Crippen molar-refractivity contribution in [2.24, 2.45) is 0 Å². The lowest BCUT2D eigenvalue weighted by Crippen LogP contribution is -1.88. The average Bonchev–Trinajstić information content (AvgIpc) is 2.09. The lowest BCUT2D eigenvalue weighted by atomic mass is 10.2. The predicted molar refractivity (Wildman–Crippen MR) is 46.6 cm³/mol. The number of halogens is 2. The molecule has 1 aromatic rings. The normalized spacial score (nSPS) is 8.92. The van der Waals surface area contributed by atoms with Gasteiger partial charge in [-0.15, -0.1) is 5.92 Å². The van der Waals surface area contributed by atoms with Crippen molar-refractivity contribution >= 4 is 11.6 Å². The largest absolute Gasteiger partial charge is 0.244 e. The van der Waals surface area contributed by atoms with Crippen LogP contribution >= 0.6 is 11.6 Å². The van der Waals surface area contributed by atoms with E-state index in [0.29, 0.717) is 11.3 Å². The summed E-state index contributed by atoms with van der Waals surface area (Å²) in [5.74, 6) is 5.45. The van der Waals surface area contributed by atoms with E-state index in [1.54, 1.807) is 19.1 Å². The van der Waals surface area contributed by atoms with E-state index in [2.05, 4.69) is 16.8 Å². The zero-order valence-corrected chi connectivity index (χ0v) is 7.32. The maximum atomic E-state index is 12.1. The molecule has 0 spiro atoms. The van der Waals surface area contributed by atoms with E-state index < -0.39 is 6.67 Å². The van der Waals surface area contributed by atoms with E-state index >= 15 is 0 Å². The molecular formula is C9H7ClFN. The minimum atomic E-state index is -0.598. The van der Waals surface area contributed by atoms with Gasteiger partial charge in [0.05, 0.1) is 11.3 Å². The molecule has 0 aromatic carbocycles. The molecule has 0 saturated heterocycles. The molecule has 0 aliphatic carbocycles. The lowest BCUT2D eigenvalue weighted by Gasteiger charge is -1.96. The van der Waals surface area contributed by atoms with Gasteiger partial charge in [0, 0.05) is 0 Å². The van der Waals surface area contributed by atoms with Gasteiger partial charge in [-0.2, -0.15) is 0 Å². The van der Waals surface area contributed by atoms with Crippen molar-refractivity contribution in [2.45, 2.75) is 13.6 Å². The number of rotatable bonds is 1. The molecule has 62 valence electrons. The highest BCUT2D eigenvalue weighted by Gasteiger charge is 1.99. The quantitative estimate of drug-likeness (QED) is 0.482. The van der Waals surface area contributed by atoms with Crippen LogP contribution < -0.4 is 0 Å². The summed E-state index contributed by atoms with van der Waals surface area (Å²) in [7, 11) is 0. The molecule has 1 nitrogen and oxygen atoms in total. The third-order valence-electron chi connectivity index (χ3n) is 1.30. The summed E-state index contributed by atoms with van der Waals surface area (Å²) < 4.78 is 12.1. The SMILES string of the molecule is CC#Cc1ccc(CF)nc1Cl. The Kier molecular flexibility index (Phi) is 3.07. The Bertz CT molecular complexity index is 338. The van der Waals surface area contributed by atoms with Crippen LogP contribution in [0.5, 0.6) is 0 Å². The van der Waals surface area contributed by atoms with Crippen molar-refractivity contribution in [3.05, 3.63) is 28.5 Å². The number of hydrogen-bond donors (Lipinski definition) is 0. The fraction of sp³-hybridized carbons (Fsp3) is 0.222. The van der Waals surface area contributed by atoms with E-state index in [4.69, 9.17) is 11.6 Å². The van der Waals surface area contributed by atoms with Crippen LogP contribution in [-0.4, -0.2) is 4.98 Å².